The average Bonchev–Trinajstić information content (AvgIpc) is 2.37. The van der Waals surface area contributed by atoms with Gasteiger partial charge in [0, 0.05) is 16.2 Å². The minimum Gasteiger partial charge on any atom is -0.478 e. The molecule has 0 atom stereocenters. The summed E-state index contributed by atoms with van der Waals surface area (Å²) in [5, 5.41) is 9.77. The van der Waals surface area contributed by atoms with Crippen molar-refractivity contribution in [3.8, 4) is 11.5 Å². The van der Waals surface area contributed by atoms with E-state index >= 15 is 0 Å². The summed E-state index contributed by atoms with van der Waals surface area (Å²) in [5.74, 6) is -0.509. The molecule has 0 unspecified atom stereocenters. The minimum atomic E-state index is -1.13. The second-order valence-electron chi connectivity index (χ2n) is 3.85. The molecule has 7 heteroatoms. The van der Waals surface area contributed by atoms with E-state index in [1.165, 1.54) is 18.2 Å². The van der Waals surface area contributed by atoms with Gasteiger partial charge < -0.3 is 15.6 Å². The Bertz CT molecular complexity index is 692. The number of hydrogen-bond donors (Lipinski definition) is 2. The molecule has 0 aliphatic rings. The zero-order chi connectivity index (χ0) is 14.9. The second kappa shape index (κ2) is 5.91. The van der Waals surface area contributed by atoms with Crippen molar-refractivity contribution in [3.05, 3.63) is 50.4 Å². The van der Waals surface area contributed by atoms with E-state index in [4.69, 9.17) is 38.8 Å². The lowest BCUT2D eigenvalue weighted by molar-refractivity contribution is 0.0697. The van der Waals surface area contributed by atoms with Crippen LogP contribution < -0.4 is 10.5 Å². The maximum atomic E-state index is 11.0. The number of nitrogen functional groups attached to an aromatic ring is 1. The molecule has 0 saturated heterocycles. The summed E-state index contributed by atoms with van der Waals surface area (Å²) >= 11 is 15.2. The Balaban J connectivity index is 2.38. The van der Waals surface area contributed by atoms with Crippen molar-refractivity contribution in [3.63, 3.8) is 0 Å². The Morgan fingerprint density at radius 1 is 1.20 bits per heavy atom. The highest BCUT2D eigenvalue weighted by atomic mass is 79.9. The molecular weight excluding hydrogens is 369 g/mol. The Kier molecular flexibility index (Phi) is 4.42. The fourth-order valence-corrected chi connectivity index (χ4v) is 2.32. The molecule has 20 heavy (non-hydrogen) atoms. The first kappa shape index (κ1) is 15.0. The first-order valence-corrected chi connectivity index (χ1v) is 6.88. The van der Waals surface area contributed by atoms with Crippen molar-refractivity contribution < 1.29 is 14.6 Å². The summed E-state index contributed by atoms with van der Waals surface area (Å²) in [6.07, 6.45) is 0. The molecule has 3 N–H and O–H groups in total. The van der Waals surface area contributed by atoms with Crippen LogP contribution in [0.15, 0.2) is 34.8 Å². The van der Waals surface area contributed by atoms with Crippen LogP contribution in [-0.4, -0.2) is 11.1 Å². The van der Waals surface area contributed by atoms with Crippen LogP contribution in [0.1, 0.15) is 10.4 Å². The van der Waals surface area contributed by atoms with Gasteiger partial charge in [0.05, 0.1) is 15.6 Å². The molecule has 0 fully saturated rings. The van der Waals surface area contributed by atoms with Crippen molar-refractivity contribution in [1.29, 1.82) is 0 Å². The van der Waals surface area contributed by atoms with E-state index in [9.17, 15) is 4.79 Å². The van der Waals surface area contributed by atoms with Gasteiger partial charge in [0.25, 0.3) is 0 Å². The van der Waals surface area contributed by atoms with Crippen LogP contribution in [-0.2, 0) is 0 Å². The fraction of sp³-hybridized carbons (Fsp3) is 0. The third-order valence-corrected chi connectivity index (χ3v) is 3.95. The highest BCUT2D eigenvalue weighted by Crippen LogP contribution is 2.37. The molecule has 0 amide bonds. The smallest absolute Gasteiger partial charge is 0.337 e. The lowest BCUT2D eigenvalue weighted by Gasteiger charge is -2.10. The number of benzene rings is 2. The molecule has 0 aliphatic carbocycles. The highest BCUT2D eigenvalue weighted by Gasteiger charge is 2.12. The van der Waals surface area contributed by atoms with Gasteiger partial charge in [-0.15, -0.1) is 0 Å². The van der Waals surface area contributed by atoms with Crippen molar-refractivity contribution >= 4 is 50.8 Å². The summed E-state index contributed by atoms with van der Waals surface area (Å²) < 4.78 is 6.17. The van der Waals surface area contributed by atoms with E-state index in [0.29, 0.717) is 26.0 Å². The summed E-state index contributed by atoms with van der Waals surface area (Å²) in [4.78, 5) is 11.0. The molecule has 2 rings (SSSR count). The molecule has 0 aromatic heterocycles. The van der Waals surface area contributed by atoms with Gasteiger partial charge in [0.1, 0.15) is 11.5 Å². The third-order valence-electron chi connectivity index (χ3n) is 2.46. The van der Waals surface area contributed by atoms with E-state index in [1.54, 1.807) is 12.1 Å². The van der Waals surface area contributed by atoms with Gasteiger partial charge in [-0.3, -0.25) is 0 Å². The Labute approximate surface area is 133 Å². The van der Waals surface area contributed by atoms with Gasteiger partial charge in [0.15, 0.2) is 0 Å². The van der Waals surface area contributed by atoms with Crippen molar-refractivity contribution in [2.75, 3.05) is 5.73 Å². The van der Waals surface area contributed by atoms with Gasteiger partial charge in [-0.2, -0.15) is 0 Å². The number of aromatic carboxylic acids is 1. The van der Waals surface area contributed by atoms with E-state index in [0.717, 1.165) is 0 Å². The molecule has 0 saturated carbocycles. The van der Waals surface area contributed by atoms with Gasteiger partial charge in [-0.25, -0.2) is 4.79 Å². The number of carbonyl (C=O) groups is 1. The number of nitrogens with two attached hydrogens (primary N) is 1. The highest BCUT2D eigenvalue weighted by molar-refractivity contribution is 9.10. The molecule has 2 aromatic carbocycles. The molecule has 0 radical (unpaired) electrons. The molecule has 0 spiro atoms. The van der Waals surface area contributed by atoms with Crippen LogP contribution in [0.2, 0.25) is 10.0 Å². The van der Waals surface area contributed by atoms with Crippen LogP contribution in [0.3, 0.4) is 0 Å². The molecule has 0 heterocycles. The van der Waals surface area contributed by atoms with Gasteiger partial charge in [0.2, 0.25) is 0 Å². The lowest BCUT2D eigenvalue weighted by Crippen LogP contribution is -2.02. The number of halogens is 3. The predicted octanol–water partition coefficient (Wildman–Crippen LogP) is 4.83. The third kappa shape index (κ3) is 3.17. The van der Waals surface area contributed by atoms with Gasteiger partial charge in [-0.1, -0.05) is 23.2 Å². The van der Waals surface area contributed by atoms with Crippen LogP contribution in [0.5, 0.6) is 11.5 Å². The van der Waals surface area contributed by atoms with E-state index in [1.807, 2.05) is 0 Å². The van der Waals surface area contributed by atoms with Crippen LogP contribution in [0, 0.1) is 0 Å². The monoisotopic (exact) mass is 375 g/mol. The summed E-state index contributed by atoms with van der Waals surface area (Å²) in [7, 11) is 0. The first-order chi connectivity index (χ1) is 9.38. The first-order valence-electron chi connectivity index (χ1n) is 5.33. The molecule has 2 aromatic rings. The number of anilines is 1. The van der Waals surface area contributed by atoms with E-state index < -0.39 is 5.97 Å². The second-order valence-corrected chi connectivity index (χ2v) is 5.52. The Morgan fingerprint density at radius 2 is 1.90 bits per heavy atom. The number of hydrogen-bond acceptors (Lipinski definition) is 3. The summed E-state index contributed by atoms with van der Waals surface area (Å²) in [6, 6.07) is 7.45. The van der Waals surface area contributed by atoms with E-state index in [2.05, 4.69) is 15.9 Å². The standard InChI is InChI=1S/C13H8BrCl2NO3/c14-8-4-10(16)12(5-9(8)15)20-6-1-2-11(17)7(3-6)13(18)19/h1-5H,17H2,(H,18,19). The Hall–Kier alpha value is -1.43. The minimum absolute atomic E-state index is 0.0400. The molecular formula is C13H8BrCl2NO3. The quantitative estimate of drug-likeness (QED) is 0.594. The van der Waals surface area contributed by atoms with Crippen LogP contribution >= 0.6 is 39.1 Å². The van der Waals surface area contributed by atoms with Crippen molar-refractivity contribution in [1.82, 2.24) is 0 Å². The fourth-order valence-electron chi connectivity index (χ4n) is 1.49. The van der Waals surface area contributed by atoms with Crippen LogP contribution in [0.4, 0.5) is 5.69 Å². The zero-order valence-electron chi connectivity index (χ0n) is 9.86. The van der Waals surface area contributed by atoms with Gasteiger partial charge in [-0.05, 0) is 40.2 Å². The topological polar surface area (TPSA) is 72.5 Å². The molecule has 104 valence electrons. The average molecular weight is 377 g/mol. The molecule has 4 nitrogen and oxygen atoms in total. The largest absolute Gasteiger partial charge is 0.478 e. The SMILES string of the molecule is Nc1ccc(Oc2cc(Cl)c(Br)cc2Cl)cc1C(=O)O. The van der Waals surface area contributed by atoms with Crippen molar-refractivity contribution in [2.24, 2.45) is 0 Å². The van der Waals surface area contributed by atoms with Crippen molar-refractivity contribution in [2.45, 2.75) is 0 Å². The molecule has 0 bridgehead atoms. The van der Waals surface area contributed by atoms with Gasteiger partial charge >= 0.3 is 5.97 Å². The van der Waals surface area contributed by atoms with E-state index in [-0.39, 0.29) is 11.3 Å². The normalized spacial score (nSPS) is 10.3. The predicted molar refractivity (Wildman–Crippen MR) is 82.0 cm³/mol. The number of rotatable bonds is 3. The summed E-state index contributed by atoms with van der Waals surface area (Å²) in [5.41, 5.74) is 5.69. The maximum absolute atomic E-state index is 11.0. The number of carboxylic acids is 1. The maximum Gasteiger partial charge on any atom is 0.337 e. The number of ether oxygens (including phenoxy) is 1. The summed E-state index contributed by atoms with van der Waals surface area (Å²) in [6.45, 7) is 0. The Morgan fingerprint density at radius 3 is 2.55 bits per heavy atom. The zero-order valence-corrected chi connectivity index (χ0v) is 13.0. The molecule has 0 aliphatic heterocycles. The lowest BCUT2D eigenvalue weighted by atomic mass is 10.2. The number of carboxylic acid groups (broad SMARTS) is 1. The van der Waals surface area contributed by atoms with Crippen LogP contribution in [0.25, 0.3) is 0 Å².